The summed E-state index contributed by atoms with van der Waals surface area (Å²) in [4.78, 5) is 24.2. The second-order valence-electron chi connectivity index (χ2n) is 5.87. The number of benzene rings is 2. The predicted molar refractivity (Wildman–Crippen MR) is 95.2 cm³/mol. The van der Waals surface area contributed by atoms with Gasteiger partial charge in [0.1, 0.15) is 5.82 Å². The summed E-state index contributed by atoms with van der Waals surface area (Å²) in [5, 5.41) is 2.82. The molecule has 24 heavy (non-hydrogen) atoms. The Morgan fingerprint density at radius 3 is 2.58 bits per heavy atom. The number of halogens is 1. The fourth-order valence-electron chi connectivity index (χ4n) is 2.60. The van der Waals surface area contributed by atoms with Crippen molar-refractivity contribution in [1.82, 2.24) is 4.57 Å². The molecule has 2 aromatic carbocycles. The predicted octanol–water partition coefficient (Wildman–Crippen LogP) is 3.96. The fourth-order valence-corrected chi connectivity index (χ4v) is 3.65. The molecule has 0 atom stereocenters. The Labute approximate surface area is 142 Å². The van der Waals surface area contributed by atoms with Crippen LogP contribution in [0.2, 0.25) is 0 Å². The smallest absolute Gasteiger partial charge is 0.308 e. The van der Waals surface area contributed by atoms with E-state index in [1.54, 1.807) is 22.8 Å². The van der Waals surface area contributed by atoms with Gasteiger partial charge in [-0.1, -0.05) is 23.5 Å². The number of hydrogen-bond donors (Lipinski definition) is 1. The topological polar surface area (TPSA) is 51.1 Å². The highest BCUT2D eigenvalue weighted by molar-refractivity contribution is 7.16. The van der Waals surface area contributed by atoms with Gasteiger partial charge in [0.15, 0.2) is 0 Å². The lowest BCUT2D eigenvalue weighted by atomic mass is 10.1. The number of hydrogen-bond acceptors (Lipinski definition) is 3. The highest BCUT2D eigenvalue weighted by Crippen LogP contribution is 2.24. The summed E-state index contributed by atoms with van der Waals surface area (Å²) in [5.74, 6) is -0.509. The molecule has 124 valence electrons. The number of fused-ring (bicyclic) bond motifs is 1. The molecule has 1 N–H and O–H groups in total. The van der Waals surface area contributed by atoms with Crippen LogP contribution in [0, 0.1) is 5.82 Å². The zero-order valence-electron chi connectivity index (χ0n) is 13.4. The van der Waals surface area contributed by atoms with Gasteiger partial charge < -0.3 is 5.32 Å². The van der Waals surface area contributed by atoms with E-state index in [9.17, 15) is 14.0 Å². The zero-order chi connectivity index (χ0) is 17.3. The van der Waals surface area contributed by atoms with Crippen LogP contribution in [-0.4, -0.2) is 10.5 Å². The van der Waals surface area contributed by atoms with Gasteiger partial charge in [0.25, 0.3) is 0 Å². The third kappa shape index (κ3) is 3.38. The van der Waals surface area contributed by atoms with Crippen molar-refractivity contribution < 1.29 is 9.18 Å². The molecule has 0 saturated carbocycles. The van der Waals surface area contributed by atoms with E-state index in [0.717, 1.165) is 15.8 Å². The molecule has 6 heteroatoms. The van der Waals surface area contributed by atoms with Crippen molar-refractivity contribution in [3.63, 3.8) is 0 Å². The molecular formula is C18H17FN2O2S. The normalized spacial score (nSPS) is 11.2. The average Bonchev–Trinajstić information content (AvgIpc) is 2.84. The molecular weight excluding hydrogens is 327 g/mol. The van der Waals surface area contributed by atoms with Crippen molar-refractivity contribution in [1.29, 1.82) is 0 Å². The van der Waals surface area contributed by atoms with Crippen molar-refractivity contribution in [3.05, 3.63) is 63.5 Å². The van der Waals surface area contributed by atoms with Crippen LogP contribution in [0.4, 0.5) is 10.1 Å². The van der Waals surface area contributed by atoms with Crippen molar-refractivity contribution in [2.75, 3.05) is 5.32 Å². The maximum Gasteiger partial charge on any atom is 0.308 e. The Morgan fingerprint density at radius 1 is 1.21 bits per heavy atom. The Balaban J connectivity index is 1.79. The Kier molecular flexibility index (Phi) is 4.49. The standard InChI is InChI=1S/C18H17FN2O2S/c1-11(2)21-15-8-7-14(10-16(15)24-18(21)23)20-17(22)9-12-3-5-13(19)6-4-12/h3-8,10-11H,9H2,1-2H3,(H,20,22). The number of anilines is 1. The first-order chi connectivity index (χ1) is 11.4. The number of carbonyl (C=O) groups excluding carboxylic acids is 1. The molecule has 3 aromatic rings. The quantitative estimate of drug-likeness (QED) is 0.779. The van der Waals surface area contributed by atoms with Gasteiger partial charge in [-0.05, 0) is 49.7 Å². The van der Waals surface area contributed by atoms with Gasteiger partial charge in [-0.3, -0.25) is 14.2 Å². The van der Waals surface area contributed by atoms with Crippen LogP contribution in [0.5, 0.6) is 0 Å². The van der Waals surface area contributed by atoms with Crippen molar-refractivity contribution in [3.8, 4) is 0 Å². The highest BCUT2D eigenvalue weighted by atomic mass is 32.1. The van der Waals surface area contributed by atoms with Crippen molar-refractivity contribution >= 4 is 33.1 Å². The lowest BCUT2D eigenvalue weighted by molar-refractivity contribution is -0.115. The largest absolute Gasteiger partial charge is 0.326 e. The van der Waals surface area contributed by atoms with E-state index in [1.807, 2.05) is 26.0 Å². The highest BCUT2D eigenvalue weighted by Gasteiger charge is 2.11. The molecule has 0 bridgehead atoms. The number of rotatable bonds is 4. The minimum absolute atomic E-state index is 0.00483. The monoisotopic (exact) mass is 344 g/mol. The Bertz CT molecular complexity index is 942. The fraction of sp³-hybridized carbons (Fsp3) is 0.222. The van der Waals surface area contributed by atoms with E-state index >= 15 is 0 Å². The summed E-state index contributed by atoms with van der Waals surface area (Å²) in [6.45, 7) is 3.93. The molecule has 0 saturated heterocycles. The summed E-state index contributed by atoms with van der Waals surface area (Å²) in [6.07, 6.45) is 0.168. The van der Waals surface area contributed by atoms with Gasteiger partial charge in [-0.25, -0.2) is 4.39 Å². The average molecular weight is 344 g/mol. The van der Waals surface area contributed by atoms with E-state index in [1.165, 1.54) is 23.5 Å². The summed E-state index contributed by atoms with van der Waals surface area (Å²) in [7, 11) is 0. The number of carbonyl (C=O) groups is 1. The molecule has 0 fully saturated rings. The van der Waals surface area contributed by atoms with E-state index in [2.05, 4.69) is 5.32 Å². The summed E-state index contributed by atoms with van der Waals surface area (Å²) in [5.41, 5.74) is 2.26. The molecule has 0 radical (unpaired) electrons. The molecule has 4 nitrogen and oxygen atoms in total. The molecule has 0 aliphatic heterocycles. The molecule has 1 aromatic heterocycles. The first kappa shape index (κ1) is 16.4. The van der Waals surface area contributed by atoms with Gasteiger partial charge in [0.05, 0.1) is 16.6 Å². The molecule has 1 heterocycles. The number of nitrogens with zero attached hydrogens (tertiary/aromatic N) is 1. The minimum atomic E-state index is -0.325. The number of amides is 1. The molecule has 0 unspecified atom stereocenters. The van der Waals surface area contributed by atoms with Crippen molar-refractivity contribution in [2.45, 2.75) is 26.3 Å². The van der Waals surface area contributed by atoms with Gasteiger partial charge in [-0.15, -0.1) is 0 Å². The van der Waals surface area contributed by atoms with Crippen LogP contribution in [0.25, 0.3) is 10.2 Å². The van der Waals surface area contributed by atoms with Crippen LogP contribution >= 0.6 is 11.3 Å². The van der Waals surface area contributed by atoms with Gasteiger partial charge in [-0.2, -0.15) is 0 Å². The van der Waals surface area contributed by atoms with Crippen LogP contribution in [0.15, 0.2) is 47.3 Å². The van der Waals surface area contributed by atoms with Gasteiger partial charge in [0.2, 0.25) is 5.91 Å². The van der Waals surface area contributed by atoms with Crippen LogP contribution < -0.4 is 10.2 Å². The zero-order valence-corrected chi connectivity index (χ0v) is 14.2. The second kappa shape index (κ2) is 6.57. The van der Waals surface area contributed by atoms with Crippen LogP contribution in [0.1, 0.15) is 25.5 Å². The lowest BCUT2D eigenvalue weighted by Gasteiger charge is -2.08. The summed E-state index contributed by atoms with van der Waals surface area (Å²) in [6, 6.07) is 11.4. The summed E-state index contributed by atoms with van der Waals surface area (Å²) >= 11 is 1.17. The van der Waals surface area contributed by atoms with E-state index < -0.39 is 0 Å². The van der Waals surface area contributed by atoms with Crippen molar-refractivity contribution in [2.24, 2.45) is 0 Å². The maximum atomic E-state index is 12.9. The molecule has 0 aliphatic rings. The van der Waals surface area contributed by atoms with E-state index in [-0.39, 0.29) is 29.1 Å². The Hall–Kier alpha value is -2.47. The maximum absolute atomic E-state index is 12.9. The van der Waals surface area contributed by atoms with Crippen LogP contribution in [-0.2, 0) is 11.2 Å². The van der Waals surface area contributed by atoms with Gasteiger partial charge in [0, 0.05) is 11.7 Å². The Morgan fingerprint density at radius 2 is 1.92 bits per heavy atom. The first-order valence-electron chi connectivity index (χ1n) is 7.63. The lowest BCUT2D eigenvalue weighted by Crippen LogP contribution is -2.15. The SMILES string of the molecule is CC(C)n1c(=O)sc2cc(NC(=O)Cc3ccc(F)cc3)ccc21. The number of thiazole rings is 1. The molecule has 0 aliphatic carbocycles. The second-order valence-corrected chi connectivity index (χ2v) is 6.86. The molecule has 0 spiro atoms. The molecule has 3 rings (SSSR count). The van der Waals surface area contributed by atoms with E-state index in [0.29, 0.717) is 5.69 Å². The van der Waals surface area contributed by atoms with Gasteiger partial charge >= 0.3 is 4.87 Å². The molecule has 1 amide bonds. The van der Waals surface area contributed by atoms with Crippen LogP contribution in [0.3, 0.4) is 0 Å². The minimum Gasteiger partial charge on any atom is -0.326 e. The number of aromatic nitrogens is 1. The van der Waals surface area contributed by atoms with E-state index in [4.69, 9.17) is 0 Å². The first-order valence-corrected chi connectivity index (χ1v) is 8.45. The summed E-state index contributed by atoms with van der Waals surface area (Å²) < 4.78 is 15.5. The third-order valence-electron chi connectivity index (χ3n) is 3.69. The third-order valence-corrected chi connectivity index (χ3v) is 4.61. The number of nitrogens with one attached hydrogen (secondary N) is 1.